The van der Waals surface area contributed by atoms with Crippen molar-refractivity contribution >= 4 is 12.2 Å². The van der Waals surface area contributed by atoms with Gasteiger partial charge in [-0.05, 0) is 43.0 Å². The van der Waals surface area contributed by atoms with Crippen molar-refractivity contribution in [1.29, 1.82) is 0 Å². The summed E-state index contributed by atoms with van der Waals surface area (Å²) >= 11 is 0. The second-order valence-electron chi connectivity index (χ2n) is 3.46. The summed E-state index contributed by atoms with van der Waals surface area (Å²) in [5.41, 5.74) is 11.7. The van der Waals surface area contributed by atoms with E-state index in [1.807, 2.05) is 19.1 Å². The summed E-state index contributed by atoms with van der Waals surface area (Å²) in [5.74, 6) is 0. The quantitative estimate of drug-likeness (QED) is 0.559. The van der Waals surface area contributed by atoms with Gasteiger partial charge in [0.2, 0.25) is 0 Å². The summed E-state index contributed by atoms with van der Waals surface area (Å²) in [4.78, 5) is 10.4. The van der Waals surface area contributed by atoms with Gasteiger partial charge in [-0.1, -0.05) is 12.1 Å². The lowest BCUT2D eigenvalue weighted by atomic mass is 10.00. The number of hydrazone groups is 1. The largest absolute Gasteiger partial charge is 0.350 e. The van der Waals surface area contributed by atoms with Crippen molar-refractivity contribution < 1.29 is 4.79 Å². The summed E-state index contributed by atoms with van der Waals surface area (Å²) < 4.78 is 0. The molecule has 0 radical (unpaired) electrons. The fourth-order valence-corrected chi connectivity index (χ4v) is 1.28. The molecule has 3 N–H and O–H groups in total. The molecule has 1 aromatic rings. The van der Waals surface area contributed by atoms with Gasteiger partial charge in [0.15, 0.2) is 0 Å². The minimum absolute atomic E-state index is 0.660. The standard InChI is InChI=1S/C11H15N3O/c1-7-4-5-10(9(3)8(7)2)6-13-14-11(12)15/h4-6H,1-3H3,(H3,12,14,15)/b13-6+. The number of urea groups is 1. The Morgan fingerprint density at radius 3 is 2.60 bits per heavy atom. The fraction of sp³-hybridized carbons (Fsp3) is 0.273. The predicted molar refractivity (Wildman–Crippen MR) is 61.0 cm³/mol. The monoisotopic (exact) mass is 205 g/mol. The molecule has 0 aliphatic rings. The Hall–Kier alpha value is -1.84. The number of benzene rings is 1. The van der Waals surface area contributed by atoms with E-state index in [-0.39, 0.29) is 0 Å². The zero-order valence-electron chi connectivity index (χ0n) is 9.16. The maximum atomic E-state index is 10.4. The number of nitrogens with one attached hydrogen (secondary N) is 1. The molecule has 2 amide bonds. The highest BCUT2D eigenvalue weighted by molar-refractivity contribution is 5.83. The van der Waals surface area contributed by atoms with Crippen LogP contribution in [-0.4, -0.2) is 12.2 Å². The maximum absolute atomic E-state index is 10.4. The molecule has 4 heteroatoms. The number of primary amides is 1. The van der Waals surface area contributed by atoms with E-state index >= 15 is 0 Å². The van der Waals surface area contributed by atoms with E-state index in [1.165, 1.54) is 11.1 Å². The molecule has 80 valence electrons. The third-order valence-electron chi connectivity index (χ3n) is 2.48. The summed E-state index contributed by atoms with van der Waals surface area (Å²) in [7, 11) is 0. The molecule has 1 aromatic carbocycles. The van der Waals surface area contributed by atoms with Crippen molar-refractivity contribution in [3.63, 3.8) is 0 Å². The summed E-state index contributed by atoms with van der Waals surface area (Å²) in [6, 6.07) is 3.32. The highest BCUT2D eigenvalue weighted by atomic mass is 16.2. The van der Waals surface area contributed by atoms with Crippen LogP contribution in [0.3, 0.4) is 0 Å². The smallest absolute Gasteiger partial charge is 0.332 e. The molecule has 0 bridgehead atoms. The molecule has 0 aromatic heterocycles. The van der Waals surface area contributed by atoms with Crippen LogP contribution in [0.25, 0.3) is 0 Å². The second kappa shape index (κ2) is 4.59. The van der Waals surface area contributed by atoms with E-state index in [0.29, 0.717) is 0 Å². The minimum atomic E-state index is -0.660. The average Bonchev–Trinajstić information content (AvgIpc) is 2.18. The van der Waals surface area contributed by atoms with Crippen molar-refractivity contribution in [2.75, 3.05) is 0 Å². The number of carbonyl (C=O) groups is 1. The average molecular weight is 205 g/mol. The van der Waals surface area contributed by atoms with Crippen LogP contribution in [0, 0.1) is 20.8 Å². The molecule has 0 aliphatic carbocycles. The van der Waals surface area contributed by atoms with E-state index in [9.17, 15) is 4.79 Å². The Morgan fingerprint density at radius 1 is 1.33 bits per heavy atom. The van der Waals surface area contributed by atoms with Crippen molar-refractivity contribution in [2.24, 2.45) is 10.8 Å². The lowest BCUT2D eigenvalue weighted by Crippen LogP contribution is -2.24. The Balaban J connectivity index is 2.92. The van der Waals surface area contributed by atoms with Gasteiger partial charge in [-0.15, -0.1) is 0 Å². The molecule has 0 atom stereocenters. The molecule has 4 nitrogen and oxygen atoms in total. The first-order chi connectivity index (χ1) is 7.02. The Morgan fingerprint density at radius 2 is 2.00 bits per heavy atom. The normalized spacial score (nSPS) is 10.6. The van der Waals surface area contributed by atoms with Crippen LogP contribution < -0.4 is 11.2 Å². The summed E-state index contributed by atoms with van der Waals surface area (Å²) in [6.45, 7) is 6.14. The van der Waals surface area contributed by atoms with Gasteiger partial charge in [-0.3, -0.25) is 0 Å². The lowest BCUT2D eigenvalue weighted by Gasteiger charge is -2.07. The molecule has 0 aliphatic heterocycles. The van der Waals surface area contributed by atoms with Gasteiger partial charge in [0, 0.05) is 0 Å². The molecule has 0 spiro atoms. The lowest BCUT2D eigenvalue weighted by molar-refractivity contribution is 0.249. The van der Waals surface area contributed by atoms with Crippen LogP contribution in [-0.2, 0) is 0 Å². The predicted octanol–water partition coefficient (Wildman–Crippen LogP) is 1.61. The molecule has 0 unspecified atom stereocenters. The number of nitrogens with two attached hydrogens (primary N) is 1. The number of amides is 2. The van der Waals surface area contributed by atoms with Gasteiger partial charge < -0.3 is 5.73 Å². The van der Waals surface area contributed by atoms with Crippen molar-refractivity contribution in [3.8, 4) is 0 Å². The van der Waals surface area contributed by atoms with E-state index < -0.39 is 6.03 Å². The zero-order chi connectivity index (χ0) is 11.4. The number of hydrogen-bond acceptors (Lipinski definition) is 2. The van der Waals surface area contributed by atoms with Crippen molar-refractivity contribution in [3.05, 3.63) is 34.4 Å². The number of nitrogens with zero attached hydrogens (tertiary/aromatic N) is 1. The zero-order valence-corrected chi connectivity index (χ0v) is 9.16. The summed E-state index contributed by atoms with van der Waals surface area (Å²) in [5, 5.41) is 3.72. The highest BCUT2D eigenvalue weighted by Gasteiger charge is 2.01. The first-order valence-corrected chi connectivity index (χ1v) is 4.67. The van der Waals surface area contributed by atoms with Crippen LogP contribution in [0.15, 0.2) is 17.2 Å². The maximum Gasteiger partial charge on any atom is 0.332 e. The third-order valence-corrected chi connectivity index (χ3v) is 2.48. The Labute approximate surface area is 89.2 Å². The minimum Gasteiger partial charge on any atom is -0.350 e. The molecule has 0 heterocycles. The first kappa shape index (κ1) is 11.2. The van der Waals surface area contributed by atoms with Gasteiger partial charge in [0.05, 0.1) is 6.21 Å². The molecule has 0 saturated carbocycles. The molecular weight excluding hydrogens is 190 g/mol. The molecule has 1 rings (SSSR count). The second-order valence-corrected chi connectivity index (χ2v) is 3.46. The molecule has 0 fully saturated rings. The molecule has 0 saturated heterocycles. The van der Waals surface area contributed by atoms with Gasteiger partial charge in [-0.25, -0.2) is 10.2 Å². The van der Waals surface area contributed by atoms with Gasteiger partial charge in [0.25, 0.3) is 0 Å². The molecular formula is C11H15N3O. The van der Waals surface area contributed by atoms with E-state index in [0.717, 1.165) is 11.1 Å². The van der Waals surface area contributed by atoms with E-state index in [2.05, 4.69) is 24.4 Å². The van der Waals surface area contributed by atoms with E-state index in [1.54, 1.807) is 6.21 Å². The number of hydrogen-bond donors (Lipinski definition) is 2. The van der Waals surface area contributed by atoms with Crippen LogP contribution in [0.1, 0.15) is 22.3 Å². The van der Waals surface area contributed by atoms with Gasteiger partial charge in [-0.2, -0.15) is 5.10 Å². The van der Waals surface area contributed by atoms with Gasteiger partial charge >= 0.3 is 6.03 Å². The van der Waals surface area contributed by atoms with Crippen molar-refractivity contribution in [2.45, 2.75) is 20.8 Å². The van der Waals surface area contributed by atoms with Crippen LogP contribution >= 0.6 is 0 Å². The first-order valence-electron chi connectivity index (χ1n) is 4.67. The third kappa shape index (κ3) is 2.80. The molecule has 15 heavy (non-hydrogen) atoms. The number of aryl methyl sites for hydroxylation is 1. The van der Waals surface area contributed by atoms with Crippen molar-refractivity contribution in [1.82, 2.24) is 5.43 Å². The topological polar surface area (TPSA) is 67.5 Å². The fourth-order valence-electron chi connectivity index (χ4n) is 1.28. The Bertz CT molecular complexity index is 411. The Kier molecular flexibility index (Phi) is 3.44. The summed E-state index contributed by atoms with van der Waals surface area (Å²) in [6.07, 6.45) is 1.59. The van der Waals surface area contributed by atoms with Gasteiger partial charge in [0.1, 0.15) is 0 Å². The SMILES string of the molecule is Cc1ccc(/C=N/NC(N)=O)c(C)c1C. The highest BCUT2D eigenvalue weighted by Crippen LogP contribution is 2.15. The van der Waals surface area contributed by atoms with E-state index in [4.69, 9.17) is 5.73 Å². The van der Waals surface area contributed by atoms with Crippen LogP contribution in [0.2, 0.25) is 0 Å². The number of carbonyl (C=O) groups excluding carboxylic acids is 1. The van der Waals surface area contributed by atoms with Crippen LogP contribution in [0.5, 0.6) is 0 Å². The number of rotatable bonds is 2. The van der Waals surface area contributed by atoms with Crippen LogP contribution in [0.4, 0.5) is 4.79 Å².